The van der Waals surface area contributed by atoms with E-state index in [1.54, 1.807) is 35.2 Å². The van der Waals surface area contributed by atoms with Crippen molar-refractivity contribution in [3.8, 4) is 17.1 Å². The summed E-state index contributed by atoms with van der Waals surface area (Å²) in [6.07, 6.45) is 5.83. The smallest absolute Gasteiger partial charge is 0.284 e. The van der Waals surface area contributed by atoms with Crippen LogP contribution in [0, 0.1) is 10.1 Å². The Morgan fingerprint density at radius 3 is 2.76 bits per heavy atom. The van der Waals surface area contributed by atoms with Gasteiger partial charge < -0.3 is 9.15 Å². The van der Waals surface area contributed by atoms with E-state index in [2.05, 4.69) is 0 Å². The summed E-state index contributed by atoms with van der Waals surface area (Å²) in [5, 5.41) is 11.4. The molecule has 4 rings (SSSR count). The predicted molar refractivity (Wildman–Crippen MR) is 115 cm³/mol. The Balaban J connectivity index is 1.61. The molecule has 1 aliphatic carbocycles. The summed E-state index contributed by atoms with van der Waals surface area (Å²) in [4.78, 5) is 26.0. The van der Waals surface area contributed by atoms with Crippen LogP contribution in [0.2, 0.25) is 0 Å². The number of methoxy groups -OCH3 is 1. The van der Waals surface area contributed by atoms with E-state index in [4.69, 9.17) is 21.4 Å². The first-order valence-corrected chi connectivity index (χ1v) is 10.4. The Morgan fingerprint density at radius 1 is 1.31 bits per heavy atom. The maximum atomic E-state index is 12.8. The Hall–Kier alpha value is -2.65. The fourth-order valence-corrected chi connectivity index (χ4v) is 5.04. The number of ether oxygens (including phenoxy) is 1. The predicted octanol–water partition coefficient (Wildman–Crippen LogP) is 5.01. The molecule has 2 fully saturated rings. The second kappa shape index (κ2) is 8.00. The standard InChI is InChI=1S/C20H18N2O5S2/c1-26-13-6-8-15(16(10-13)22(24)25)17-9-7-14(27-17)11-18-19(23)21(20(28)29-18)12-4-2-3-5-12/h6-12H,2-5H2,1H3. The highest BCUT2D eigenvalue weighted by atomic mass is 32.2. The van der Waals surface area contributed by atoms with E-state index in [0.29, 0.717) is 32.1 Å². The van der Waals surface area contributed by atoms with Gasteiger partial charge in [-0.15, -0.1) is 0 Å². The molecule has 1 amide bonds. The van der Waals surface area contributed by atoms with E-state index >= 15 is 0 Å². The molecule has 0 bridgehead atoms. The van der Waals surface area contributed by atoms with Crippen molar-refractivity contribution in [2.24, 2.45) is 0 Å². The lowest BCUT2D eigenvalue weighted by Crippen LogP contribution is -2.36. The molecule has 0 N–H and O–H groups in total. The number of nitrogens with zero attached hydrogens (tertiary/aromatic N) is 2. The van der Waals surface area contributed by atoms with Crippen molar-refractivity contribution in [1.29, 1.82) is 0 Å². The molecule has 1 aliphatic heterocycles. The highest BCUT2D eigenvalue weighted by molar-refractivity contribution is 8.26. The van der Waals surface area contributed by atoms with Gasteiger partial charge in [-0.1, -0.05) is 36.8 Å². The van der Waals surface area contributed by atoms with Crippen LogP contribution in [0.25, 0.3) is 17.4 Å². The Bertz CT molecular complexity index is 1020. The largest absolute Gasteiger partial charge is 0.497 e. The number of amides is 1. The lowest BCUT2D eigenvalue weighted by Gasteiger charge is -2.21. The molecule has 0 spiro atoms. The lowest BCUT2D eigenvalue weighted by atomic mass is 10.1. The highest BCUT2D eigenvalue weighted by Gasteiger charge is 2.38. The lowest BCUT2D eigenvalue weighted by molar-refractivity contribution is -0.384. The summed E-state index contributed by atoms with van der Waals surface area (Å²) >= 11 is 6.67. The number of thiocarbonyl (C=S) groups is 1. The van der Waals surface area contributed by atoms with Gasteiger partial charge in [-0.25, -0.2) is 0 Å². The fraction of sp³-hybridized carbons (Fsp3) is 0.300. The minimum absolute atomic E-state index is 0.0970. The molecule has 1 saturated heterocycles. The molecule has 1 aromatic heterocycles. The van der Waals surface area contributed by atoms with Crippen molar-refractivity contribution in [3.63, 3.8) is 0 Å². The summed E-state index contributed by atoms with van der Waals surface area (Å²) in [6.45, 7) is 0. The molecule has 9 heteroatoms. The van der Waals surface area contributed by atoms with Gasteiger partial charge >= 0.3 is 0 Å². The summed E-state index contributed by atoms with van der Waals surface area (Å²) in [5.41, 5.74) is 0.228. The van der Waals surface area contributed by atoms with E-state index in [1.165, 1.54) is 24.9 Å². The topological polar surface area (TPSA) is 85.8 Å². The van der Waals surface area contributed by atoms with Gasteiger partial charge in [0.25, 0.3) is 11.6 Å². The second-order valence-corrected chi connectivity index (χ2v) is 8.51. The number of furan rings is 1. The number of thioether (sulfide) groups is 1. The van der Waals surface area contributed by atoms with Crippen molar-refractivity contribution in [3.05, 3.63) is 51.1 Å². The quantitative estimate of drug-likeness (QED) is 0.285. The number of rotatable bonds is 5. The third kappa shape index (κ3) is 3.79. The van der Waals surface area contributed by atoms with Crippen LogP contribution in [0.15, 0.2) is 39.7 Å². The van der Waals surface area contributed by atoms with E-state index in [1.807, 2.05) is 0 Å². The van der Waals surface area contributed by atoms with Crippen molar-refractivity contribution < 1.29 is 18.9 Å². The number of benzene rings is 1. The van der Waals surface area contributed by atoms with Crippen LogP contribution in [-0.4, -0.2) is 33.2 Å². The summed E-state index contributed by atoms with van der Waals surface area (Å²) < 4.78 is 11.4. The first-order chi connectivity index (χ1) is 14.0. The van der Waals surface area contributed by atoms with Crippen LogP contribution in [0.5, 0.6) is 5.75 Å². The van der Waals surface area contributed by atoms with Crippen molar-refractivity contribution in [2.45, 2.75) is 31.7 Å². The van der Waals surface area contributed by atoms with Crippen LogP contribution in [0.1, 0.15) is 31.4 Å². The number of nitro benzene ring substituents is 1. The average Bonchev–Trinajstić information content (AvgIpc) is 3.43. The molecule has 2 heterocycles. The Labute approximate surface area is 176 Å². The van der Waals surface area contributed by atoms with Crippen molar-refractivity contribution in [1.82, 2.24) is 4.90 Å². The molecule has 1 saturated carbocycles. The van der Waals surface area contributed by atoms with Gasteiger partial charge in [-0.2, -0.15) is 0 Å². The molecule has 150 valence electrons. The van der Waals surface area contributed by atoms with Gasteiger partial charge in [0.05, 0.1) is 28.6 Å². The van der Waals surface area contributed by atoms with Gasteiger partial charge in [-0.3, -0.25) is 19.8 Å². The fourth-order valence-electron chi connectivity index (χ4n) is 3.66. The average molecular weight is 431 g/mol. The van der Waals surface area contributed by atoms with Gasteiger partial charge in [0.1, 0.15) is 21.6 Å². The van der Waals surface area contributed by atoms with Crippen LogP contribution >= 0.6 is 24.0 Å². The summed E-state index contributed by atoms with van der Waals surface area (Å²) in [7, 11) is 1.45. The van der Waals surface area contributed by atoms with Crippen LogP contribution in [0.3, 0.4) is 0 Å². The molecular weight excluding hydrogens is 412 g/mol. The minimum atomic E-state index is -0.479. The SMILES string of the molecule is COc1ccc(-c2ccc(C=C3SC(=S)N(C4CCCC4)C3=O)o2)c([N+](=O)[O-])c1. The number of carbonyl (C=O) groups is 1. The molecule has 2 aromatic rings. The third-order valence-electron chi connectivity index (χ3n) is 5.08. The van der Waals surface area contributed by atoms with E-state index < -0.39 is 4.92 Å². The normalized spacial score (nSPS) is 18.8. The van der Waals surface area contributed by atoms with Crippen LogP contribution < -0.4 is 4.74 Å². The minimum Gasteiger partial charge on any atom is -0.497 e. The maximum absolute atomic E-state index is 12.8. The molecule has 2 aliphatic rings. The van der Waals surface area contributed by atoms with Crippen molar-refractivity contribution in [2.75, 3.05) is 7.11 Å². The highest BCUT2D eigenvalue weighted by Crippen LogP contribution is 2.39. The molecule has 1 aromatic carbocycles. The van der Waals surface area contributed by atoms with Gasteiger partial charge in [0.2, 0.25) is 0 Å². The zero-order valence-electron chi connectivity index (χ0n) is 15.6. The van der Waals surface area contributed by atoms with Crippen LogP contribution in [-0.2, 0) is 4.79 Å². The second-order valence-electron chi connectivity index (χ2n) is 6.83. The molecule has 0 atom stereocenters. The first-order valence-electron chi connectivity index (χ1n) is 9.17. The van der Waals surface area contributed by atoms with E-state index in [-0.39, 0.29) is 17.6 Å². The van der Waals surface area contributed by atoms with E-state index in [0.717, 1.165) is 25.7 Å². The molecule has 29 heavy (non-hydrogen) atoms. The first kappa shape index (κ1) is 19.7. The van der Waals surface area contributed by atoms with E-state index in [9.17, 15) is 14.9 Å². The summed E-state index contributed by atoms with van der Waals surface area (Å²) in [6, 6.07) is 8.09. The number of hydrogen-bond donors (Lipinski definition) is 0. The van der Waals surface area contributed by atoms with Gasteiger partial charge in [0, 0.05) is 12.1 Å². The summed E-state index contributed by atoms with van der Waals surface area (Å²) in [5.74, 6) is 1.08. The Kier molecular flexibility index (Phi) is 5.42. The molecule has 0 radical (unpaired) electrons. The molecule has 0 unspecified atom stereocenters. The zero-order chi connectivity index (χ0) is 20.5. The maximum Gasteiger partial charge on any atom is 0.284 e. The molecule has 7 nitrogen and oxygen atoms in total. The Morgan fingerprint density at radius 2 is 2.07 bits per heavy atom. The van der Waals surface area contributed by atoms with Crippen molar-refractivity contribution >= 4 is 46.0 Å². The van der Waals surface area contributed by atoms with Crippen LogP contribution in [0.4, 0.5) is 5.69 Å². The third-order valence-corrected chi connectivity index (χ3v) is 6.41. The monoisotopic (exact) mass is 430 g/mol. The van der Waals surface area contributed by atoms with Gasteiger partial charge in [-0.05, 0) is 37.1 Å². The molecular formula is C20H18N2O5S2. The number of hydrogen-bond acceptors (Lipinski definition) is 7. The van der Waals surface area contributed by atoms with Gasteiger partial charge in [0.15, 0.2) is 0 Å². The number of carbonyl (C=O) groups excluding carboxylic acids is 1. The number of nitro groups is 1. The zero-order valence-corrected chi connectivity index (χ0v) is 17.3.